The van der Waals surface area contributed by atoms with E-state index in [1.165, 1.54) is 11.3 Å². The summed E-state index contributed by atoms with van der Waals surface area (Å²) in [5.74, 6) is 0.649. The first-order chi connectivity index (χ1) is 9.84. The Labute approximate surface area is 134 Å². The Kier molecular flexibility index (Phi) is 5.50. The van der Waals surface area contributed by atoms with Crippen molar-refractivity contribution in [2.24, 2.45) is 11.3 Å². The molecule has 0 bridgehead atoms. The lowest BCUT2D eigenvalue weighted by atomic mass is 9.83. The highest BCUT2D eigenvalue weighted by atomic mass is 32.1. The van der Waals surface area contributed by atoms with Gasteiger partial charge >= 0.3 is 0 Å². The van der Waals surface area contributed by atoms with Crippen LogP contribution in [0, 0.1) is 11.3 Å². The summed E-state index contributed by atoms with van der Waals surface area (Å²) in [5.41, 5.74) is 0.313. The standard InChI is InChI=1S/C18H32N2S/c1-7-14-11-19-16(18(4,5)6)12-20(14)17(13(2)3)15-9-8-10-21-15/h8-10,13-14,16-17,19H,7,11-12H2,1-6H3. The zero-order valence-corrected chi connectivity index (χ0v) is 15.3. The fourth-order valence-electron chi connectivity index (χ4n) is 3.45. The molecule has 2 nitrogen and oxygen atoms in total. The van der Waals surface area contributed by atoms with Gasteiger partial charge < -0.3 is 5.32 Å². The molecule has 0 aliphatic carbocycles. The van der Waals surface area contributed by atoms with E-state index in [1.807, 2.05) is 11.3 Å². The number of piperazine rings is 1. The van der Waals surface area contributed by atoms with Crippen LogP contribution in [0.25, 0.3) is 0 Å². The van der Waals surface area contributed by atoms with Gasteiger partial charge in [0.2, 0.25) is 0 Å². The molecule has 0 saturated carbocycles. The van der Waals surface area contributed by atoms with E-state index in [0.717, 1.165) is 13.1 Å². The molecule has 1 fully saturated rings. The van der Waals surface area contributed by atoms with Crippen LogP contribution in [-0.2, 0) is 0 Å². The van der Waals surface area contributed by atoms with Crippen molar-refractivity contribution in [2.45, 2.75) is 66.1 Å². The van der Waals surface area contributed by atoms with E-state index >= 15 is 0 Å². The van der Waals surface area contributed by atoms with Gasteiger partial charge in [0.25, 0.3) is 0 Å². The van der Waals surface area contributed by atoms with E-state index in [-0.39, 0.29) is 0 Å². The second-order valence-corrected chi connectivity index (χ2v) is 8.77. The molecule has 120 valence electrons. The Morgan fingerprint density at radius 3 is 2.57 bits per heavy atom. The van der Waals surface area contributed by atoms with Gasteiger partial charge in [-0.15, -0.1) is 11.3 Å². The normalized spacial score (nSPS) is 26.2. The molecule has 2 rings (SSSR count). The predicted octanol–water partition coefficient (Wildman–Crippen LogP) is 4.54. The van der Waals surface area contributed by atoms with E-state index in [9.17, 15) is 0 Å². The number of thiophene rings is 1. The summed E-state index contributed by atoms with van der Waals surface area (Å²) >= 11 is 1.91. The molecule has 1 aromatic heterocycles. The minimum Gasteiger partial charge on any atom is -0.311 e. The van der Waals surface area contributed by atoms with Gasteiger partial charge in [-0.2, -0.15) is 0 Å². The summed E-state index contributed by atoms with van der Waals surface area (Å²) in [5, 5.41) is 6.01. The average Bonchev–Trinajstić information content (AvgIpc) is 2.91. The molecule has 1 saturated heterocycles. The van der Waals surface area contributed by atoms with Crippen LogP contribution in [0.15, 0.2) is 17.5 Å². The zero-order valence-electron chi connectivity index (χ0n) is 14.5. The summed E-state index contributed by atoms with van der Waals surface area (Å²) in [6.07, 6.45) is 1.22. The molecular weight excluding hydrogens is 276 g/mol. The number of rotatable bonds is 4. The van der Waals surface area contributed by atoms with Crippen molar-refractivity contribution in [1.29, 1.82) is 0 Å². The van der Waals surface area contributed by atoms with Crippen molar-refractivity contribution >= 4 is 11.3 Å². The van der Waals surface area contributed by atoms with Crippen LogP contribution < -0.4 is 5.32 Å². The van der Waals surface area contributed by atoms with Crippen LogP contribution in [0.3, 0.4) is 0 Å². The molecular formula is C18H32N2S. The van der Waals surface area contributed by atoms with Crippen LogP contribution in [0.2, 0.25) is 0 Å². The zero-order chi connectivity index (χ0) is 15.6. The monoisotopic (exact) mass is 308 g/mol. The first kappa shape index (κ1) is 17.0. The van der Waals surface area contributed by atoms with Gasteiger partial charge in [-0.25, -0.2) is 0 Å². The van der Waals surface area contributed by atoms with Gasteiger partial charge in [0.1, 0.15) is 0 Å². The second kappa shape index (κ2) is 6.80. The summed E-state index contributed by atoms with van der Waals surface area (Å²) in [6, 6.07) is 6.29. The SMILES string of the molecule is CCC1CNC(C(C)(C)C)CN1C(c1cccs1)C(C)C. The maximum atomic E-state index is 3.79. The Bertz CT molecular complexity index is 419. The topological polar surface area (TPSA) is 15.3 Å². The fourth-order valence-corrected chi connectivity index (χ4v) is 4.47. The summed E-state index contributed by atoms with van der Waals surface area (Å²) in [6.45, 7) is 16.4. The number of hydrogen-bond acceptors (Lipinski definition) is 3. The lowest BCUT2D eigenvalue weighted by Gasteiger charge is -2.49. The van der Waals surface area contributed by atoms with Crippen molar-refractivity contribution in [3.63, 3.8) is 0 Å². The Morgan fingerprint density at radius 2 is 2.10 bits per heavy atom. The Hall–Kier alpha value is -0.380. The van der Waals surface area contributed by atoms with Crippen LogP contribution in [0.5, 0.6) is 0 Å². The summed E-state index contributed by atoms with van der Waals surface area (Å²) in [7, 11) is 0. The number of nitrogens with one attached hydrogen (secondary N) is 1. The lowest BCUT2D eigenvalue weighted by Crippen LogP contribution is -2.61. The molecule has 1 N–H and O–H groups in total. The first-order valence-corrected chi connectivity index (χ1v) is 9.25. The fraction of sp³-hybridized carbons (Fsp3) is 0.778. The molecule has 0 radical (unpaired) electrons. The number of hydrogen-bond donors (Lipinski definition) is 1. The molecule has 1 aromatic rings. The van der Waals surface area contributed by atoms with Gasteiger partial charge in [-0.3, -0.25) is 4.90 Å². The average molecular weight is 309 g/mol. The van der Waals surface area contributed by atoms with E-state index in [2.05, 4.69) is 69.3 Å². The Morgan fingerprint density at radius 1 is 1.38 bits per heavy atom. The van der Waals surface area contributed by atoms with Gasteiger partial charge in [0, 0.05) is 36.1 Å². The van der Waals surface area contributed by atoms with Crippen molar-refractivity contribution in [3.8, 4) is 0 Å². The minimum absolute atomic E-state index is 0.313. The highest BCUT2D eigenvalue weighted by Gasteiger charge is 2.38. The van der Waals surface area contributed by atoms with Crippen LogP contribution >= 0.6 is 11.3 Å². The third-order valence-electron chi connectivity index (χ3n) is 4.80. The van der Waals surface area contributed by atoms with Crippen LogP contribution in [-0.4, -0.2) is 30.1 Å². The quantitative estimate of drug-likeness (QED) is 0.878. The van der Waals surface area contributed by atoms with Crippen molar-refractivity contribution in [2.75, 3.05) is 13.1 Å². The Balaban J connectivity index is 2.26. The molecule has 1 aliphatic rings. The number of nitrogens with zero attached hydrogens (tertiary/aromatic N) is 1. The molecule has 3 atom stereocenters. The maximum Gasteiger partial charge on any atom is 0.0468 e. The maximum absolute atomic E-state index is 3.79. The third kappa shape index (κ3) is 3.88. The van der Waals surface area contributed by atoms with E-state index < -0.39 is 0 Å². The molecule has 0 amide bonds. The van der Waals surface area contributed by atoms with Crippen LogP contribution in [0.4, 0.5) is 0 Å². The molecule has 0 spiro atoms. The molecule has 1 aliphatic heterocycles. The van der Waals surface area contributed by atoms with Crippen molar-refractivity contribution < 1.29 is 0 Å². The second-order valence-electron chi connectivity index (χ2n) is 7.79. The lowest BCUT2D eigenvalue weighted by molar-refractivity contribution is 0.0308. The van der Waals surface area contributed by atoms with E-state index in [4.69, 9.17) is 0 Å². The van der Waals surface area contributed by atoms with Crippen molar-refractivity contribution in [3.05, 3.63) is 22.4 Å². The van der Waals surface area contributed by atoms with Gasteiger partial charge in [-0.05, 0) is 29.2 Å². The predicted molar refractivity (Wildman–Crippen MR) is 93.9 cm³/mol. The van der Waals surface area contributed by atoms with E-state index in [1.54, 1.807) is 0 Å². The molecule has 3 unspecified atom stereocenters. The van der Waals surface area contributed by atoms with Crippen molar-refractivity contribution in [1.82, 2.24) is 10.2 Å². The smallest absolute Gasteiger partial charge is 0.0468 e. The van der Waals surface area contributed by atoms with Gasteiger partial charge in [0.05, 0.1) is 0 Å². The minimum atomic E-state index is 0.313. The molecule has 3 heteroatoms. The highest BCUT2D eigenvalue weighted by molar-refractivity contribution is 7.10. The van der Waals surface area contributed by atoms with Crippen LogP contribution in [0.1, 0.15) is 58.9 Å². The van der Waals surface area contributed by atoms with E-state index in [0.29, 0.717) is 29.5 Å². The first-order valence-electron chi connectivity index (χ1n) is 8.37. The summed E-state index contributed by atoms with van der Waals surface area (Å²) < 4.78 is 0. The highest BCUT2D eigenvalue weighted by Crippen LogP contribution is 2.36. The summed E-state index contributed by atoms with van der Waals surface area (Å²) in [4.78, 5) is 4.31. The molecule has 2 heterocycles. The largest absolute Gasteiger partial charge is 0.311 e. The van der Waals surface area contributed by atoms with Gasteiger partial charge in [0.15, 0.2) is 0 Å². The third-order valence-corrected chi connectivity index (χ3v) is 5.75. The molecule has 0 aromatic carbocycles. The molecule has 21 heavy (non-hydrogen) atoms. The van der Waals surface area contributed by atoms with Gasteiger partial charge in [-0.1, -0.05) is 47.6 Å².